The number of halogens is 1. The molecule has 0 saturated heterocycles. The first-order valence-electron chi connectivity index (χ1n) is 6.83. The maximum atomic E-state index is 12.3. The molecule has 0 aromatic heterocycles. The topological polar surface area (TPSA) is 47.6 Å². The SMILES string of the molecule is COc1ccc(C(C)NC(=O)c2cccc(Br)c2)cc1OC. The van der Waals surface area contributed by atoms with Crippen LogP contribution >= 0.6 is 15.9 Å². The molecule has 5 heteroatoms. The van der Waals surface area contributed by atoms with E-state index in [9.17, 15) is 4.79 Å². The zero-order valence-corrected chi connectivity index (χ0v) is 14.3. The summed E-state index contributed by atoms with van der Waals surface area (Å²) < 4.78 is 11.4. The molecule has 0 spiro atoms. The second-order valence-corrected chi connectivity index (χ2v) is 5.74. The van der Waals surface area contributed by atoms with Gasteiger partial charge in [0.15, 0.2) is 11.5 Å². The molecular weight excluding hydrogens is 346 g/mol. The van der Waals surface area contributed by atoms with Crippen LogP contribution in [0.3, 0.4) is 0 Å². The number of benzene rings is 2. The summed E-state index contributed by atoms with van der Waals surface area (Å²) in [5, 5.41) is 2.97. The van der Waals surface area contributed by atoms with Gasteiger partial charge < -0.3 is 14.8 Å². The minimum atomic E-state index is -0.147. The highest BCUT2D eigenvalue weighted by atomic mass is 79.9. The molecule has 1 unspecified atom stereocenters. The fourth-order valence-electron chi connectivity index (χ4n) is 2.12. The largest absolute Gasteiger partial charge is 0.493 e. The van der Waals surface area contributed by atoms with Gasteiger partial charge in [-0.05, 0) is 42.8 Å². The monoisotopic (exact) mass is 363 g/mol. The third kappa shape index (κ3) is 3.80. The summed E-state index contributed by atoms with van der Waals surface area (Å²) in [6.07, 6.45) is 0. The van der Waals surface area contributed by atoms with E-state index in [2.05, 4.69) is 21.2 Å². The molecule has 116 valence electrons. The molecular formula is C17H18BrNO3. The van der Waals surface area contributed by atoms with Gasteiger partial charge in [0, 0.05) is 10.0 Å². The Kier molecular flexibility index (Phi) is 5.44. The van der Waals surface area contributed by atoms with Crippen LogP contribution in [0, 0.1) is 0 Å². The predicted octanol–water partition coefficient (Wildman–Crippen LogP) is 3.96. The van der Waals surface area contributed by atoms with Gasteiger partial charge in [-0.2, -0.15) is 0 Å². The molecule has 0 bridgehead atoms. The molecule has 4 nitrogen and oxygen atoms in total. The highest BCUT2D eigenvalue weighted by molar-refractivity contribution is 9.10. The Balaban J connectivity index is 2.15. The van der Waals surface area contributed by atoms with E-state index in [1.165, 1.54) is 0 Å². The van der Waals surface area contributed by atoms with Crippen LogP contribution in [0.4, 0.5) is 0 Å². The number of carbonyl (C=O) groups is 1. The molecule has 0 saturated carbocycles. The Hall–Kier alpha value is -2.01. The molecule has 2 aromatic carbocycles. The number of ether oxygens (including phenoxy) is 2. The smallest absolute Gasteiger partial charge is 0.251 e. The maximum absolute atomic E-state index is 12.3. The van der Waals surface area contributed by atoms with Crippen LogP contribution < -0.4 is 14.8 Å². The first-order chi connectivity index (χ1) is 10.5. The van der Waals surface area contributed by atoms with Gasteiger partial charge in [0.05, 0.1) is 20.3 Å². The molecule has 0 aliphatic heterocycles. The van der Waals surface area contributed by atoms with Crippen molar-refractivity contribution in [1.29, 1.82) is 0 Å². The van der Waals surface area contributed by atoms with Crippen molar-refractivity contribution in [3.8, 4) is 11.5 Å². The van der Waals surface area contributed by atoms with Crippen molar-refractivity contribution >= 4 is 21.8 Å². The Morgan fingerprint density at radius 3 is 2.45 bits per heavy atom. The fourth-order valence-corrected chi connectivity index (χ4v) is 2.51. The van der Waals surface area contributed by atoms with E-state index in [4.69, 9.17) is 9.47 Å². The Bertz CT molecular complexity index is 673. The summed E-state index contributed by atoms with van der Waals surface area (Å²) in [5.41, 5.74) is 1.56. The van der Waals surface area contributed by atoms with Crippen molar-refractivity contribution in [3.63, 3.8) is 0 Å². The highest BCUT2D eigenvalue weighted by Crippen LogP contribution is 2.30. The highest BCUT2D eigenvalue weighted by Gasteiger charge is 2.14. The average Bonchev–Trinajstić information content (AvgIpc) is 2.54. The molecule has 0 aliphatic rings. The normalized spacial score (nSPS) is 11.6. The molecule has 0 aliphatic carbocycles. The lowest BCUT2D eigenvalue weighted by Gasteiger charge is -2.16. The minimum absolute atomic E-state index is 0.122. The van der Waals surface area contributed by atoms with Crippen molar-refractivity contribution in [2.75, 3.05) is 14.2 Å². The summed E-state index contributed by atoms with van der Waals surface area (Å²) in [6, 6.07) is 12.7. The molecule has 0 radical (unpaired) electrons. The van der Waals surface area contributed by atoms with E-state index in [1.54, 1.807) is 26.4 Å². The summed E-state index contributed by atoms with van der Waals surface area (Å²) >= 11 is 3.37. The van der Waals surface area contributed by atoms with Crippen molar-refractivity contribution in [2.45, 2.75) is 13.0 Å². The summed E-state index contributed by atoms with van der Waals surface area (Å²) in [4.78, 5) is 12.3. The van der Waals surface area contributed by atoms with Gasteiger partial charge in [-0.3, -0.25) is 4.79 Å². The van der Waals surface area contributed by atoms with Gasteiger partial charge in [-0.1, -0.05) is 28.1 Å². The molecule has 22 heavy (non-hydrogen) atoms. The number of amides is 1. The Morgan fingerprint density at radius 1 is 1.09 bits per heavy atom. The van der Waals surface area contributed by atoms with E-state index in [0.717, 1.165) is 10.0 Å². The molecule has 1 amide bonds. The zero-order valence-electron chi connectivity index (χ0n) is 12.7. The molecule has 2 aromatic rings. The van der Waals surface area contributed by atoms with Gasteiger partial charge >= 0.3 is 0 Å². The first-order valence-corrected chi connectivity index (χ1v) is 7.62. The van der Waals surface area contributed by atoms with Crippen LogP contribution in [-0.4, -0.2) is 20.1 Å². The van der Waals surface area contributed by atoms with E-state index >= 15 is 0 Å². The summed E-state index contributed by atoms with van der Waals surface area (Å²) in [5.74, 6) is 1.18. The summed E-state index contributed by atoms with van der Waals surface area (Å²) in [6.45, 7) is 1.93. The number of methoxy groups -OCH3 is 2. The standard InChI is InChI=1S/C17H18BrNO3/c1-11(12-7-8-15(21-2)16(10-12)22-3)19-17(20)13-5-4-6-14(18)9-13/h4-11H,1-3H3,(H,19,20). The van der Waals surface area contributed by atoms with Crippen molar-refractivity contribution in [1.82, 2.24) is 5.32 Å². The van der Waals surface area contributed by atoms with Crippen LogP contribution in [0.2, 0.25) is 0 Å². The van der Waals surface area contributed by atoms with E-state index in [0.29, 0.717) is 17.1 Å². The molecule has 2 rings (SSSR count). The fraction of sp³-hybridized carbons (Fsp3) is 0.235. The lowest BCUT2D eigenvalue weighted by atomic mass is 10.1. The number of hydrogen-bond donors (Lipinski definition) is 1. The third-order valence-corrected chi connectivity index (χ3v) is 3.84. The molecule has 0 heterocycles. The second-order valence-electron chi connectivity index (χ2n) is 4.82. The zero-order chi connectivity index (χ0) is 16.1. The molecule has 1 N–H and O–H groups in total. The number of nitrogens with one attached hydrogen (secondary N) is 1. The van der Waals surface area contributed by atoms with Crippen LogP contribution in [0.15, 0.2) is 46.9 Å². The Labute approximate surface area is 138 Å². The van der Waals surface area contributed by atoms with E-state index < -0.39 is 0 Å². The first kappa shape index (κ1) is 16.4. The van der Waals surface area contributed by atoms with Gasteiger partial charge in [0.1, 0.15) is 0 Å². The van der Waals surface area contributed by atoms with Gasteiger partial charge in [0.2, 0.25) is 0 Å². The van der Waals surface area contributed by atoms with Crippen molar-refractivity contribution in [2.24, 2.45) is 0 Å². The van der Waals surface area contributed by atoms with Crippen molar-refractivity contribution in [3.05, 3.63) is 58.1 Å². The molecule has 1 atom stereocenters. The maximum Gasteiger partial charge on any atom is 0.251 e. The van der Waals surface area contributed by atoms with E-state index in [-0.39, 0.29) is 11.9 Å². The summed E-state index contributed by atoms with van der Waals surface area (Å²) in [7, 11) is 3.18. The lowest BCUT2D eigenvalue weighted by molar-refractivity contribution is 0.0939. The van der Waals surface area contributed by atoms with Gasteiger partial charge in [0.25, 0.3) is 5.91 Å². The van der Waals surface area contributed by atoms with Crippen LogP contribution in [0.5, 0.6) is 11.5 Å². The average molecular weight is 364 g/mol. The number of hydrogen-bond acceptors (Lipinski definition) is 3. The third-order valence-electron chi connectivity index (χ3n) is 3.34. The lowest BCUT2D eigenvalue weighted by Crippen LogP contribution is -2.26. The van der Waals surface area contributed by atoms with Crippen LogP contribution in [0.25, 0.3) is 0 Å². The van der Waals surface area contributed by atoms with Crippen LogP contribution in [-0.2, 0) is 0 Å². The number of rotatable bonds is 5. The van der Waals surface area contributed by atoms with Crippen LogP contribution in [0.1, 0.15) is 28.9 Å². The number of carbonyl (C=O) groups excluding carboxylic acids is 1. The predicted molar refractivity (Wildman–Crippen MR) is 89.6 cm³/mol. The van der Waals surface area contributed by atoms with Gasteiger partial charge in [-0.15, -0.1) is 0 Å². The minimum Gasteiger partial charge on any atom is -0.493 e. The van der Waals surface area contributed by atoms with E-state index in [1.807, 2.05) is 37.3 Å². The molecule has 0 fully saturated rings. The van der Waals surface area contributed by atoms with Gasteiger partial charge in [-0.25, -0.2) is 0 Å². The quantitative estimate of drug-likeness (QED) is 0.874. The van der Waals surface area contributed by atoms with Crippen molar-refractivity contribution < 1.29 is 14.3 Å². The second kappa shape index (κ2) is 7.31. The Morgan fingerprint density at radius 2 is 1.82 bits per heavy atom.